The quantitative estimate of drug-likeness (QED) is 0.675. The Hall–Kier alpha value is -1.67. The van der Waals surface area contributed by atoms with Crippen molar-refractivity contribution in [1.82, 2.24) is 25.1 Å². The molecule has 0 atom stereocenters. The fourth-order valence-electron chi connectivity index (χ4n) is 2.95. The number of aromatic nitrogens is 4. The molecule has 3 heterocycles. The summed E-state index contributed by atoms with van der Waals surface area (Å²) >= 11 is 4.81. The third kappa shape index (κ3) is 3.12. The van der Waals surface area contributed by atoms with Crippen molar-refractivity contribution in [1.29, 1.82) is 0 Å². The molecule has 0 unspecified atom stereocenters. The number of hydrogen-bond donors (Lipinski definition) is 1. The minimum Gasteiger partial charge on any atom is -0.342 e. The summed E-state index contributed by atoms with van der Waals surface area (Å²) in [4.78, 5) is 21.9. The van der Waals surface area contributed by atoms with Gasteiger partial charge >= 0.3 is 0 Å². The van der Waals surface area contributed by atoms with Crippen LogP contribution in [0.5, 0.6) is 0 Å². The molecule has 0 spiro atoms. The molecule has 1 aliphatic heterocycles. The third-order valence-corrected chi connectivity index (χ3v) is 5.51. The second-order valence-electron chi connectivity index (χ2n) is 5.84. The van der Waals surface area contributed by atoms with Gasteiger partial charge in [-0.05, 0) is 37.5 Å². The molecule has 4 rings (SSSR count). The van der Waals surface area contributed by atoms with Gasteiger partial charge in [-0.15, -0.1) is 10.2 Å². The molecule has 0 bridgehead atoms. The number of aromatic amines is 1. The van der Waals surface area contributed by atoms with E-state index in [1.165, 1.54) is 18.2 Å². The lowest BCUT2D eigenvalue weighted by atomic mass is 10.1. The Morgan fingerprint density at radius 1 is 1.25 bits per heavy atom. The van der Waals surface area contributed by atoms with E-state index in [1.807, 2.05) is 23.1 Å². The molecular weight excluding hydrogens is 390 g/mol. The number of likely N-dealkylation sites (tertiary alicyclic amines) is 1. The molecule has 6 nitrogen and oxygen atoms in total. The molecular formula is C16H16BrN5OS. The van der Waals surface area contributed by atoms with E-state index in [4.69, 9.17) is 0 Å². The van der Waals surface area contributed by atoms with Crippen LogP contribution in [0.2, 0.25) is 0 Å². The maximum atomic E-state index is 12.2. The number of amides is 1. The van der Waals surface area contributed by atoms with Crippen LogP contribution in [0, 0.1) is 0 Å². The molecule has 1 N–H and O–H groups in total. The number of rotatable bonds is 3. The van der Waals surface area contributed by atoms with Gasteiger partial charge in [0.1, 0.15) is 5.52 Å². The fourth-order valence-corrected chi connectivity index (χ4v) is 4.00. The molecule has 8 heteroatoms. The van der Waals surface area contributed by atoms with Crippen molar-refractivity contribution in [2.45, 2.75) is 24.4 Å². The molecule has 3 aromatic rings. The molecule has 124 valence electrons. The number of piperidine rings is 1. The normalized spacial score (nSPS) is 15.3. The summed E-state index contributed by atoms with van der Waals surface area (Å²) in [6.07, 6.45) is 3.42. The number of hydrogen-bond acceptors (Lipinski definition) is 5. The minimum atomic E-state index is 0.156. The number of thioether (sulfide) groups is 1. The predicted octanol–water partition coefficient (Wildman–Crippen LogP) is 3.37. The first-order valence-electron chi connectivity index (χ1n) is 7.93. The van der Waals surface area contributed by atoms with Crippen molar-refractivity contribution >= 4 is 55.7 Å². The number of fused-ring (bicyclic) bond motifs is 3. The molecule has 1 aliphatic rings. The monoisotopic (exact) mass is 405 g/mol. The third-order valence-electron chi connectivity index (χ3n) is 4.19. The molecule has 1 amide bonds. The van der Waals surface area contributed by atoms with Gasteiger partial charge in [0.15, 0.2) is 5.65 Å². The molecule has 24 heavy (non-hydrogen) atoms. The van der Waals surface area contributed by atoms with E-state index in [1.54, 1.807) is 0 Å². The molecule has 1 saturated heterocycles. The number of halogens is 1. The highest BCUT2D eigenvalue weighted by atomic mass is 79.9. The Morgan fingerprint density at radius 2 is 2.08 bits per heavy atom. The van der Waals surface area contributed by atoms with Crippen LogP contribution in [0.4, 0.5) is 0 Å². The molecule has 1 fully saturated rings. The summed E-state index contributed by atoms with van der Waals surface area (Å²) in [5, 5.41) is 9.98. The van der Waals surface area contributed by atoms with Crippen LogP contribution in [0.3, 0.4) is 0 Å². The summed E-state index contributed by atoms with van der Waals surface area (Å²) in [5.41, 5.74) is 2.42. The van der Waals surface area contributed by atoms with Crippen LogP contribution < -0.4 is 0 Å². The number of carbonyl (C=O) groups excluding carboxylic acids is 1. The van der Waals surface area contributed by atoms with Crippen molar-refractivity contribution in [3.05, 3.63) is 22.7 Å². The van der Waals surface area contributed by atoms with E-state index < -0.39 is 0 Å². The summed E-state index contributed by atoms with van der Waals surface area (Å²) in [7, 11) is 0. The standard InChI is InChI=1S/C16H16BrN5OS/c17-10-4-5-12-11(8-10)14-15(18-12)19-16(21-20-14)24-9-13(23)22-6-2-1-3-7-22/h4-5,8H,1-3,6-7,9H2,(H,18,19,21). The SMILES string of the molecule is O=C(CSc1nnc2c(n1)[nH]c1ccc(Br)cc12)N1CCCCC1. The Bertz CT molecular complexity index is 906. The van der Waals surface area contributed by atoms with Gasteiger partial charge in [-0.3, -0.25) is 4.79 Å². The van der Waals surface area contributed by atoms with Gasteiger partial charge in [-0.25, -0.2) is 4.98 Å². The number of nitrogens with zero attached hydrogens (tertiary/aromatic N) is 4. The van der Waals surface area contributed by atoms with E-state index in [9.17, 15) is 4.79 Å². The van der Waals surface area contributed by atoms with Crippen LogP contribution in [0.25, 0.3) is 22.1 Å². The van der Waals surface area contributed by atoms with E-state index in [2.05, 4.69) is 36.1 Å². The van der Waals surface area contributed by atoms with Gasteiger partial charge in [0.25, 0.3) is 0 Å². The fraction of sp³-hybridized carbons (Fsp3) is 0.375. The lowest BCUT2D eigenvalue weighted by Gasteiger charge is -2.26. The molecule has 0 radical (unpaired) electrons. The van der Waals surface area contributed by atoms with E-state index in [-0.39, 0.29) is 5.91 Å². The van der Waals surface area contributed by atoms with Gasteiger partial charge < -0.3 is 9.88 Å². The van der Waals surface area contributed by atoms with Gasteiger partial charge in [0.05, 0.1) is 5.75 Å². The average Bonchev–Trinajstić information content (AvgIpc) is 2.97. The average molecular weight is 406 g/mol. The first-order valence-corrected chi connectivity index (χ1v) is 9.71. The number of H-pyrrole nitrogens is 1. The highest BCUT2D eigenvalue weighted by Crippen LogP contribution is 2.26. The van der Waals surface area contributed by atoms with Crippen LogP contribution in [-0.4, -0.2) is 49.8 Å². The molecule has 2 aromatic heterocycles. The largest absolute Gasteiger partial charge is 0.342 e. The van der Waals surface area contributed by atoms with Crippen LogP contribution in [0.1, 0.15) is 19.3 Å². The summed E-state index contributed by atoms with van der Waals surface area (Å²) in [6.45, 7) is 1.74. The Kier molecular flexibility index (Phi) is 4.41. The lowest BCUT2D eigenvalue weighted by Crippen LogP contribution is -2.36. The molecule has 0 saturated carbocycles. The Morgan fingerprint density at radius 3 is 2.92 bits per heavy atom. The van der Waals surface area contributed by atoms with E-state index >= 15 is 0 Å². The molecule has 1 aromatic carbocycles. The van der Waals surface area contributed by atoms with Crippen LogP contribution >= 0.6 is 27.7 Å². The second kappa shape index (κ2) is 6.68. The van der Waals surface area contributed by atoms with Crippen molar-refractivity contribution in [3.8, 4) is 0 Å². The first kappa shape index (κ1) is 15.8. The topological polar surface area (TPSA) is 74.8 Å². The van der Waals surface area contributed by atoms with Crippen LogP contribution in [-0.2, 0) is 4.79 Å². The summed E-state index contributed by atoms with van der Waals surface area (Å²) in [5.74, 6) is 0.517. The first-order chi connectivity index (χ1) is 11.7. The number of nitrogens with one attached hydrogen (secondary N) is 1. The zero-order valence-electron chi connectivity index (χ0n) is 13.0. The Labute approximate surface area is 151 Å². The minimum absolute atomic E-state index is 0.156. The zero-order valence-corrected chi connectivity index (χ0v) is 15.4. The molecule has 0 aliphatic carbocycles. The number of carbonyl (C=O) groups is 1. The van der Waals surface area contributed by atoms with Crippen molar-refractivity contribution in [2.75, 3.05) is 18.8 Å². The Balaban J connectivity index is 1.52. The smallest absolute Gasteiger partial charge is 0.233 e. The summed E-state index contributed by atoms with van der Waals surface area (Å²) < 4.78 is 0.989. The maximum absolute atomic E-state index is 12.2. The van der Waals surface area contributed by atoms with E-state index in [0.717, 1.165) is 46.8 Å². The van der Waals surface area contributed by atoms with E-state index in [0.29, 0.717) is 16.6 Å². The highest BCUT2D eigenvalue weighted by molar-refractivity contribution is 9.10. The van der Waals surface area contributed by atoms with Crippen LogP contribution in [0.15, 0.2) is 27.8 Å². The predicted molar refractivity (Wildman–Crippen MR) is 98.0 cm³/mol. The van der Waals surface area contributed by atoms with Crippen molar-refractivity contribution in [3.63, 3.8) is 0 Å². The van der Waals surface area contributed by atoms with Gasteiger partial charge in [0.2, 0.25) is 11.1 Å². The van der Waals surface area contributed by atoms with Gasteiger partial charge in [-0.2, -0.15) is 0 Å². The zero-order chi connectivity index (χ0) is 16.5. The van der Waals surface area contributed by atoms with Crippen molar-refractivity contribution < 1.29 is 4.79 Å². The second-order valence-corrected chi connectivity index (χ2v) is 7.69. The summed E-state index contributed by atoms with van der Waals surface area (Å²) in [6, 6.07) is 5.95. The number of benzene rings is 1. The van der Waals surface area contributed by atoms with Gasteiger partial charge in [-0.1, -0.05) is 27.7 Å². The van der Waals surface area contributed by atoms with Gasteiger partial charge in [0, 0.05) is 28.5 Å². The lowest BCUT2D eigenvalue weighted by molar-refractivity contribution is -0.129. The maximum Gasteiger partial charge on any atom is 0.233 e. The van der Waals surface area contributed by atoms with Crippen molar-refractivity contribution in [2.24, 2.45) is 0 Å². The highest BCUT2D eigenvalue weighted by Gasteiger charge is 2.17.